The van der Waals surface area contributed by atoms with E-state index >= 15 is 0 Å². The summed E-state index contributed by atoms with van der Waals surface area (Å²) in [6, 6.07) is 0. The van der Waals surface area contributed by atoms with Crippen LogP contribution < -0.4 is 0 Å². The number of nitrogens with zero attached hydrogens (tertiary/aromatic N) is 2. The first-order valence-corrected chi connectivity index (χ1v) is 4.99. The van der Waals surface area contributed by atoms with E-state index in [4.69, 9.17) is 5.39 Å². The van der Waals surface area contributed by atoms with Gasteiger partial charge in [0.25, 0.3) is 0 Å². The van der Waals surface area contributed by atoms with Gasteiger partial charge in [0.05, 0.1) is 11.1 Å². The molecule has 100 valence electrons. The van der Waals surface area contributed by atoms with Gasteiger partial charge in [-0.1, -0.05) is 0 Å². The van der Waals surface area contributed by atoms with Crippen molar-refractivity contribution in [3.8, 4) is 0 Å². The highest BCUT2D eigenvalue weighted by molar-refractivity contribution is 6.50. The van der Waals surface area contributed by atoms with Crippen LogP contribution in [0, 0.1) is 38.9 Å². The standard InChI is InChI=1S/C10H12FN2.BF4/c1-5-7(3)10(13-12)8(4)6(2)9(5)11;2-1(3,4)5/h1-4H3;/q+1;-1. The van der Waals surface area contributed by atoms with Crippen molar-refractivity contribution in [1.29, 1.82) is 5.39 Å². The highest BCUT2D eigenvalue weighted by Crippen LogP contribution is 2.31. The molecule has 0 atom stereocenters. The third-order valence-corrected chi connectivity index (χ3v) is 2.59. The van der Waals surface area contributed by atoms with Crippen molar-refractivity contribution in [3.05, 3.63) is 33.0 Å². The lowest BCUT2D eigenvalue weighted by Gasteiger charge is -2.04. The molecule has 0 saturated carbocycles. The summed E-state index contributed by atoms with van der Waals surface area (Å²) < 4.78 is 52.4. The molecule has 0 aliphatic rings. The molecule has 1 aromatic rings. The first-order valence-electron chi connectivity index (χ1n) is 4.99. The summed E-state index contributed by atoms with van der Waals surface area (Å²) in [5.41, 5.74) is 2.98. The lowest BCUT2D eigenvalue weighted by atomic mass is 9.98. The Balaban J connectivity index is 0.000000494. The van der Waals surface area contributed by atoms with Crippen LogP contribution in [0.2, 0.25) is 0 Å². The second-order valence-electron chi connectivity index (χ2n) is 3.76. The van der Waals surface area contributed by atoms with E-state index in [0.717, 1.165) is 0 Å². The molecule has 2 nitrogen and oxygen atoms in total. The fraction of sp³-hybridized carbons (Fsp3) is 0.400. The summed E-state index contributed by atoms with van der Waals surface area (Å²) >= 11 is 0. The molecule has 18 heavy (non-hydrogen) atoms. The monoisotopic (exact) mass is 266 g/mol. The predicted octanol–water partition coefficient (Wildman–Crippen LogP) is 4.84. The minimum absolute atomic E-state index is 0.206. The minimum Gasteiger partial charge on any atom is -0.418 e. The quantitative estimate of drug-likeness (QED) is 0.375. The van der Waals surface area contributed by atoms with Gasteiger partial charge in [0.2, 0.25) is 5.39 Å². The normalized spacial score (nSPS) is 10.4. The summed E-state index contributed by atoms with van der Waals surface area (Å²) in [6.45, 7) is 6.87. The molecule has 8 heteroatoms. The van der Waals surface area contributed by atoms with Crippen LogP contribution in [0.1, 0.15) is 22.3 Å². The van der Waals surface area contributed by atoms with Crippen LogP contribution in [0.15, 0.2) is 0 Å². The van der Waals surface area contributed by atoms with Gasteiger partial charge in [0.1, 0.15) is 5.82 Å². The molecule has 0 saturated heterocycles. The Morgan fingerprint density at radius 2 is 1.11 bits per heavy atom. The summed E-state index contributed by atoms with van der Waals surface area (Å²) in [6.07, 6.45) is 0. The van der Waals surface area contributed by atoms with Gasteiger partial charge in [-0.05, 0) is 38.8 Å². The van der Waals surface area contributed by atoms with E-state index < -0.39 is 7.25 Å². The van der Waals surface area contributed by atoms with Crippen molar-refractivity contribution in [2.75, 3.05) is 0 Å². The molecule has 0 bridgehead atoms. The maximum Gasteiger partial charge on any atom is 0.673 e. The average molecular weight is 266 g/mol. The molecule has 0 spiro atoms. The number of hydrogen-bond acceptors (Lipinski definition) is 1. The van der Waals surface area contributed by atoms with E-state index in [2.05, 4.69) is 4.98 Å². The van der Waals surface area contributed by atoms with E-state index in [1.807, 2.05) is 0 Å². The Kier molecular flexibility index (Phi) is 5.27. The Morgan fingerprint density at radius 1 is 0.833 bits per heavy atom. The van der Waals surface area contributed by atoms with Crippen LogP contribution in [-0.2, 0) is 0 Å². The Bertz CT molecular complexity index is 456. The highest BCUT2D eigenvalue weighted by Gasteiger charge is 2.22. The maximum atomic E-state index is 13.4. The van der Waals surface area contributed by atoms with Crippen LogP contribution in [0.5, 0.6) is 0 Å². The van der Waals surface area contributed by atoms with Crippen molar-refractivity contribution >= 4 is 12.9 Å². The molecule has 0 aliphatic heterocycles. The van der Waals surface area contributed by atoms with Crippen LogP contribution in [-0.4, -0.2) is 7.25 Å². The molecule has 0 aromatic heterocycles. The van der Waals surface area contributed by atoms with Crippen LogP contribution in [0.3, 0.4) is 0 Å². The molecule has 0 aliphatic carbocycles. The van der Waals surface area contributed by atoms with Gasteiger partial charge in [-0.2, -0.15) is 0 Å². The fourth-order valence-electron chi connectivity index (χ4n) is 1.40. The molecule has 0 N–H and O–H groups in total. The van der Waals surface area contributed by atoms with Gasteiger partial charge in [-0.15, -0.1) is 0 Å². The van der Waals surface area contributed by atoms with Gasteiger partial charge in [0, 0.05) is 0 Å². The third-order valence-electron chi connectivity index (χ3n) is 2.59. The molecule has 0 unspecified atom stereocenters. The lowest BCUT2D eigenvalue weighted by Crippen LogP contribution is -2.02. The number of hydrogen-bond donors (Lipinski definition) is 0. The fourth-order valence-corrected chi connectivity index (χ4v) is 1.40. The van der Waals surface area contributed by atoms with Crippen LogP contribution in [0.25, 0.3) is 4.98 Å². The van der Waals surface area contributed by atoms with E-state index in [1.165, 1.54) is 0 Å². The zero-order valence-electron chi connectivity index (χ0n) is 10.4. The third kappa shape index (κ3) is 4.32. The maximum absolute atomic E-state index is 13.4. The van der Waals surface area contributed by atoms with Crippen molar-refractivity contribution in [3.63, 3.8) is 0 Å². The van der Waals surface area contributed by atoms with Gasteiger partial charge < -0.3 is 17.3 Å². The van der Waals surface area contributed by atoms with Crippen molar-refractivity contribution in [1.82, 2.24) is 0 Å². The highest BCUT2D eigenvalue weighted by atomic mass is 19.5. The van der Waals surface area contributed by atoms with Crippen molar-refractivity contribution in [2.45, 2.75) is 27.7 Å². The number of benzene rings is 1. The molecule has 1 aromatic carbocycles. The molecule has 0 heterocycles. The van der Waals surface area contributed by atoms with Gasteiger partial charge in [-0.25, -0.2) is 4.39 Å². The Labute approximate surface area is 102 Å². The summed E-state index contributed by atoms with van der Waals surface area (Å²) in [5.74, 6) is -0.206. The predicted molar refractivity (Wildman–Crippen MR) is 60.3 cm³/mol. The molecular formula is C10H12BF5N2. The topological polar surface area (TPSA) is 28.1 Å². The SMILES string of the molecule is Cc1c(C)c([N+]#N)c(C)c(C)c1F.F[B-](F)(F)F. The largest absolute Gasteiger partial charge is 0.673 e. The first-order chi connectivity index (χ1) is 8.00. The zero-order chi connectivity index (χ0) is 14.7. The van der Waals surface area contributed by atoms with Crippen molar-refractivity contribution < 1.29 is 21.7 Å². The molecule has 1 rings (SSSR count). The summed E-state index contributed by atoms with van der Waals surface area (Å²) in [4.78, 5) is 3.17. The van der Waals surface area contributed by atoms with Gasteiger partial charge >= 0.3 is 12.9 Å². The van der Waals surface area contributed by atoms with E-state index in [1.54, 1.807) is 27.7 Å². The molecule has 0 amide bonds. The van der Waals surface area contributed by atoms with Crippen LogP contribution >= 0.6 is 0 Å². The molecule has 0 fully saturated rings. The second-order valence-corrected chi connectivity index (χ2v) is 3.76. The smallest absolute Gasteiger partial charge is 0.418 e. The zero-order valence-corrected chi connectivity index (χ0v) is 10.4. The summed E-state index contributed by atoms with van der Waals surface area (Å²) in [7, 11) is -6.00. The Morgan fingerprint density at radius 3 is 1.33 bits per heavy atom. The lowest BCUT2D eigenvalue weighted by molar-refractivity contribution is 0.368. The number of halogens is 5. The summed E-state index contributed by atoms with van der Waals surface area (Å²) in [5, 5.41) is 8.74. The minimum atomic E-state index is -6.00. The number of rotatable bonds is 0. The average Bonchev–Trinajstić information content (AvgIpc) is 2.22. The molecular weight excluding hydrogens is 254 g/mol. The van der Waals surface area contributed by atoms with Crippen LogP contribution in [0.4, 0.5) is 27.3 Å². The van der Waals surface area contributed by atoms with Gasteiger partial charge in [-0.3, -0.25) is 0 Å². The molecule has 0 radical (unpaired) electrons. The van der Waals surface area contributed by atoms with E-state index in [0.29, 0.717) is 27.9 Å². The van der Waals surface area contributed by atoms with Gasteiger partial charge in [0.15, 0.2) is 4.98 Å². The van der Waals surface area contributed by atoms with E-state index in [-0.39, 0.29) is 5.82 Å². The van der Waals surface area contributed by atoms with Crippen molar-refractivity contribution in [2.24, 2.45) is 0 Å². The van der Waals surface area contributed by atoms with E-state index in [9.17, 15) is 21.7 Å². The Hall–Kier alpha value is -1.65. The first kappa shape index (κ1) is 16.4. The second kappa shape index (κ2) is 5.80. The number of diazo groups is 1.